The van der Waals surface area contributed by atoms with E-state index in [-0.39, 0.29) is 28.9 Å². The van der Waals surface area contributed by atoms with Gasteiger partial charge in [0, 0.05) is 49.0 Å². The Balaban J connectivity index is 1.39. The number of piperazine rings is 1. The van der Waals surface area contributed by atoms with E-state index in [4.69, 9.17) is 16.3 Å². The number of aliphatic hydroxyl groups excluding tert-OH is 1. The molecule has 3 heterocycles. The van der Waals surface area contributed by atoms with Gasteiger partial charge in [-0.25, -0.2) is 13.2 Å². The summed E-state index contributed by atoms with van der Waals surface area (Å²) in [5.41, 5.74) is -0.784. The number of sulfonamides is 1. The van der Waals surface area contributed by atoms with E-state index in [1.54, 1.807) is 45.2 Å². The molecule has 3 atom stereocenters. The molecule has 2 saturated heterocycles. The summed E-state index contributed by atoms with van der Waals surface area (Å²) in [6, 6.07) is 5.80. The monoisotopic (exact) mass is 555 g/mol. The van der Waals surface area contributed by atoms with Crippen LogP contribution < -0.4 is 0 Å². The molecule has 3 fully saturated rings. The fourth-order valence-corrected chi connectivity index (χ4v) is 9.00. The molecule has 36 heavy (non-hydrogen) atoms. The van der Waals surface area contributed by atoms with Crippen LogP contribution in [0.4, 0.5) is 4.79 Å². The van der Waals surface area contributed by atoms with E-state index in [2.05, 4.69) is 16.4 Å². The third kappa shape index (κ3) is 5.31. The molecule has 1 aromatic rings. The van der Waals surface area contributed by atoms with Gasteiger partial charge in [-0.15, -0.1) is 11.8 Å². The molecule has 1 aliphatic carbocycles. The summed E-state index contributed by atoms with van der Waals surface area (Å²) in [6.07, 6.45) is 6.28. The van der Waals surface area contributed by atoms with Gasteiger partial charge in [-0.3, -0.25) is 4.90 Å². The second-order valence-electron chi connectivity index (χ2n) is 10.1. The van der Waals surface area contributed by atoms with E-state index in [9.17, 15) is 18.3 Å². The van der Waals surface area contributed by atoms with Gasteiger partial charge in [-0.05, 0) is 61.8 Å². The number of piperidine rings is 1. The van der Waals surface area contributed by atoms with Crippen LogP contribution in [0.25, 0.3) is 0 Å². The summed E-state index contributed by atoms with van der Waals surface area (Å²) in [5, 5.41) is 11.9. The minimum atomic E-state index is -3.83. The molecule has 1 unspecified atom stereocenters. The molecule has 198 valence electrons. The maximum Gasteiger partial charge on any atom is 0.410 e. The number of carbonyl (C=O) groups is 1. The van der Waals surface area contributed by atoms with Crippen molar-refractivity contribution in [3.05, 3.63) is 40.8 Å². The van der Waals surface area contributed by atoms with Gasteiger partial charge in [0.25, 0.3) is 0 Å². The number of allylic oxidation sites excluding steroid dienone is 1. The first-order valence-corrected chi connectivity index (χ1v) is 15.5. The van der Waals surface area contributed by atoms with Gasteiger partial charge in [0.2, 0.25) is 10.0 Å². The van der Waals surface area contributed by atoms with Gasteiger partial charge in [0.05, 0.1) is 17.5 Å². The Bertz CT molecular complexity index is 1060. The Hall–Kier alpha value is -1.30. The Morgan fingerprint density at radius 1 is 1.14 bits per heavy atom. The van der Waals surface area contributed by atoms with Crippen LogP contribution in [0, 0.1) is 0 Å². The number of rotatable bonds is 7. The van der Waals surface area contributed by atoms with Crippen molar-refractivity contribution < 1.29 is 23.1 Å². The predicted octanol–water partition coefficient (Wildman–Crippen LogP) is 3.55. The van der Waals surface area contributed by atoms with Gasteiger partial charge in [0.15, 0.2) is 0 Å². The number of β-amino-alcohol motifs (C(OH)–C–C–N with tert-alkyl or cyclic N) is 1. The van der Waals surface area contributed by atoms with Crippen LogP contribution in [0.15, 0.2) is 40.6 Å². The third-order valence-electron chi connectivity index (χ3n) is 7.84. The molecule has 0 radical (unpaired) electrons. The van der Waals surface area contributed by atoms with E-state index in [1.807, 2.05) is 0 Å². The number of nitrogens with zero attached hydrogens (tertiary/aromatic N) is 3. The van der Waals surface area contributed by atoms with Crippen molar-refractivity contribution in [1.29, 1.82) is 0 Å². The van der Waals surface area contributed by atoms with Crippen molar-refractivity contribution in [2.75, 3.05) is 39.3 Å². The van der Waals surface area contributed by atoms with E-state index < -0.39 is 21.7 Å². The fourth-order valence-electron chi connectivity index (χ4n) is 5.73. The van der Waals surface area contributed by atoms with Gasteiger partial charge >= 0.3 is 6.09 Å². The molecular weight excluding hydrogens is 522 g/mol. The normalized spacial score (nSPS) is 28.8. The highest BCUT2D eigenvalue weighted by molar-refractivity contribution is 8.03. The summed E-state index contributed by atoms with van der Waals surface area (Å²) >= 11 is 7.75. The SMILES string of the molecule is O=C(OC1([C@H]2CCC[C@@H](C3CC=CS3)N2S(=O)(=O)c2ccc(Cl)cc2)CC1)N1CCN(CCO)CC1. The van der Waals surface area contributed by atoms with Gasteiger partial charge in [-0.2, -0.15) is 4.31 Å². The molecule has 5 rings (SSSR count). The second kappa shape index (κ2) is 10.8. The van der Waals surface area contributed by atoms with Crippen LogP contribution in [0.3, 0.4) is 0 Å². The van der Waals surface area contributed by atoms with E-state index in [0.717, 1.165) is 19.3 Å². The predicted molar refractivity (Wildman–Crippen MR) is 141 cm³/mol. The summed E-state index contributed by atoms with van der Waals surface area (Å²) in [5.74, 6) is 0. The van der Waals surface area contributed by atoms with Crippen molar-refractivity contribution in [1.82, 2.24) is 14.1 Å². The fraction of sp³-hybridized carbons (Fsp3) is 0.640. The molecule has 4 aliphatic rings. The zero-order valence-electron chi connectivity index (χ0n) is 20.3. The van der Waals surface area contributed by atoms with Crippen molar-refractivity contribution in [2.24, 2.45) is 0 Å². The van der Waals surface area contributed by atoms with Crippen LogP contribution >= 0.6 is 23.4 Å². The first kappa shape index (κ1) is 26.3. The lowest BCUT2D eigenvalue weighted by molar-refractivity contribution is -0.0142. The molecule has 0 bridgehead atoms. The highest BCUT2D eigenvalue weighted by Crippen LogP contribution is 2.51. The first-order valence-electron chi connectivity index (χ1n) is 12.7. The number of hydrogen-bond acceptors (Lipinski definition) is 7. The smallest absolute Gasteiger partial charge is 0.410 e. The Labute approximate surface area is 222 Å². The number of aliphatic hydroxyl groups is 1. The molecular formula is C25H34ClN3O5S2. The zero-order chi connectivity index (χ0) is 25.3. The Morgan fingerprint density at radius 3 is 2.47 bits per heavy atom. The average Bonchev–Trinajstić information content (AvgIpc) is 3.44. The number of carbonyl (C=O) groups excluding carboxylic acids is 1. The highest BCUT2D eigenvalue weighted by Gasteiger charge is 2.60. The minimum absolute atomic E-state index is 0.100. The standard InChI is InChI=1S/C25H34ClN3O5S2/c26-19-6-8-20(9-7-19)36(32,33)29-21(22-4-2-18-35-22)3-1-5-23(29)25(10-11-25)34-24(31)28-14-12-27(13-15-28)16-17-30/h2,6-9,18,21-23,30H,1,3-5,10-17H2/t21-,22?,23+/m0/s1. The van der Waals surface area contributed by atoms with Gasteiger partial charge < -0.3 is 14.7 Å². The Kier molecular flexibility index (Phi) is 7.91. The quantitative estimate of drug-likeness (QED) is 0.550. The number of hydrogen-bond donors (Lipinski definition) is 1. The summed E-state index contributed by atoms with van der Waals surface area (Å²) in [6.45, 7) is 3.16. The Morgan fingerprint density at radius 2 is 1.86 bits per heavy atom. The largest absolute Gasteiger partial charge is 0.441 e. The molecule has 3 aliphatic heterocycles. The number of benzene rings is 1. The van der Waals surface area contributed by atoms with E-state index in [1.165, 1.54) is 0 Å². The summed E-state index contributed by atoms with van der Waals surface area (Å²) < 4.78 is 36.1. The van der Waals surface area contributed by atoms with Crippen LogP contribution in [-0.2, 0) is 14.8 Å². The van der Waals surface area contributed by atoms with Crippen molar-refractivity contribution in [2.45, 2.75) is 66.4 Å². The minimum Gasteiger partial charge on any atom is -0.441 e. The lowest BCUT2D eigenvalue weighted by Gasteiger charge is -2.46. The average molecular weight is 556 g/mol. The van der Waals surface area contributed by atoms with Crippen LogP contribution in [-0.4, -0.2) is 96.0 Å². The van der Waals surface area contributed by atoms with Crippen molar-refractivity contribution >= 4 is 39.5 Å². The van der Waals surface area contributed by atoms with Crippen molar-refractivity contribution in [3.8, 4) is 0 Å². The molecule has 1 N–H and O–H groups in total. The van der Waals surface area contributed by atoms with E-state index >= 15 is 0 Å². The third-order valence-corrected chi connectivity index (χ3v) is 11.2. The number of amides is 1. The maximum atomic E-state index is 14.1. The van der Waals surface area contributed by atoms with Gasteiger partial charge in [-0.1, -0.05) is 24.1 Å². The molecule has 11 heteroatoms. The van der Waals surface area contributed by atoms with Crippen molar-refractivity contribution in [3.63, 3.8) is 0 Å². The molecule has 1 amide bonds. The molecule has 0 spiro atoms. The van der Waals surface area contributed by atoms with Crippen LogP contribution in [0.2, 0.25) is 5.02 Å². The van der Waals surface area contributed by atoms with Crippen LogP contribution in [0.1, 0.15) is 38.5 Å². The molecule has 1 aromatic carbocycles. The maximum absolute atomic E-state index is 14.1. The number of halogens is 1. The number of ether oxygens (including phenoxy) is 1. The molecule has 0 aromatic heterocycles. The summed E-state index contributed by atoms with van der Waals surface area (Å²) in [7, 11) is -3.83. The zero-order valence-corrected chi connectivity index (χ0v) is 22.7. The highest BCUT2D eigenvalue weighted by atomic mass is 35.5. The van der Waals surface area contributed by atoms with Gasteiger partial charge in [0.1, 0.15) is 5.60 Å². The van der Waals surface area contributed by atoms with Crippen LogP contribution in [0.5, 0.6) is 0 Å². The second-order valence-corrected chi connectivity index (χ2v) is 13.5. The first-order chi connectivity index (χ1) is 17.3. The topological polar surface area (TPSA) is 90.4 Å². The lowest BCUT2D eigenvalue weighted by Crippen LogP contribution is -2.59. The number of thioether (sulfide) groups is 1. The lowest BCUT2D eigenvalue weighted by atomic mass is 9.91. The molecule has 1 saturated carbocycles. The molecule has 8 nitrogen and oxygen atoms in total. The van der Waals surface area contributed by atoms with E-state index in [0.29, 0.717) is 57.0 Å². The summed E-state index contributed by atoms with van der Waals surface area (Å²) in [4.78, 5) is 17.3.